The fourth-order valence-corrected chi connectivity index (χ4v) is 11.8. The van der Waals surface area contributed by atoms with Gasteiger partial charge in [0.15, 0.2) is 24.6 Å². The van der Waals surface area contributed by atoms with Crippen LogP contribution in [0.4, 0.5) is 5.82 Å². The van der Waals surface area contributed by atoms with Crippen molar-refractivity contribution in [3.05, 3.63) is 154 Å². The number of carbonyl (C=O) groups is 5. The number of methoxy groups -OCH3 is 2. The second-order valence-electron chi connectivity index (χ2n) is 20.4. The summed E-state index contributed by atoms with van der Waals surface area (Å²) in [5, 5.41) is 12.3. The maximum Gasteiger partial charge on any atom is 0.351 e. The summed E-state index contributed by atoms with van der Waals surface area (Å²) in [5.74, 6) is -2.91. The summed E-state index contributed by atoms with van der Waals surface area (Å²) in [7, 11) is 1.25. The summed E-state index contributed by atoms with van der Waals surface area (Å²) >= 11 is 0. The van der Waals surface area contributed by atoms with Crippen LogP contribution in [0, 0.1) is 11.3 Å². The van der Waals surface area contributed by atoms with Crippen molar-refractivity contribution >= 4 is 44.1 Å². The van der Waals surface area contributed by atoms with Gasteiger partial charge in [-0.3, -0.25) is 28.5 Å². The van der Waals surface area contributed by atoms with E-state index in [-0.39, 0.29) is 55.1 Å². The summed E-state index contributed by atoms with van der Waals surface area (Å²) in [6.45, 7) is 11.3. The van der Waals surface area contributed by atoms with Crippen LogP contribution in [0.2, 0.25) is 0 Å². The van der Waals surface area contributed by atoms with Crippen molar-refractivity contribution in [2.45, 2.75) is 142 Å². The molecule has 23 nitrogen and oxygen atoms in total. The minimum Gasteiger partial charge on any atom is -0.497 e. The molecule has 3 heterocycles. The van der Waals surface area contributed by atoms with Crippen molar-refractivity contribution in [1.29, 1.82) is 5.26 Å². The molecule has 2 saturated heterocycles. The zero-order valence-electron chi connectivity index (χ0n) is 49.1. The van der Waals surface area contributed by atoms with E-state index in [4.69, 9.17) is 56.4 Å². The van der Waals surface area contributed by atoms with Crippen LogP contribution < -0.4 is 20.5 Å². The molecule has 9 atom stereocenters. The number of esters is 4. The van der Waals surface area contributed by atoms with Gasteiger partial charge in [-0.15, -0.1) is 0 Å². The Labute approximate surface area is 494 Å². The predicted molar refractivity (Wildman–Crippen MR) is 307 cm³/mol. The first-order valence-corrected chi connectivity index (χ1v) is 28.7. The highest BCUT2D eigenvalue weighted by atomic mass is 31.2. The van der Waals surface area contributed by atoms with Crippen molar-refractivity contribution in [2.75, 3.05) is 39.4 Å². The standard InChI is InChI=1S/C61H72N5O18P/c1-37(2)66(38(3)4)85(78-31-17-30-62)84-50-32-53(82-51(50)36-77-61(45-20-15-12-16-21-45,46-22-26-48(73-9)27-23-46)47-24-28-49(74-10)29-25-47)65-33-44(57(64-60(65)72)63-58(71)43-18-13-11-14-19-43)34-76-59-56(81-42(8)70)55(80-41(7)69)54(79-40(6)68)52(83-59)35-75-39(5)67/h11-16,18-29,33,37-38,50-56,59H,17,31-32,34-36H2,1-10H3,(H,63,64,71,72)/t50-,51+,52+,53+,54+,55-,56+,59+,85?/m0/s1. The third-order valence-corrected chi connectivity index (χ3v) is 15.8. The van der Waals surface area contributed by atoms with Crippen LogP contribution >= 0.6 is 8.53 Å². The number of nitrogens with zero attached hydrogens (tertiary/aromatic N) is 4. The van der Waals surface area contributed by atoms with Crippen LogP contribution in [0.25, 0.3) is 0 Å². The molecule has 1 aromatic heterocycles. The van der Waals surface area contributed by atoms with E-state index >= 15 is 0 Å². The van der Waals surface area contributed by atoms with Gasteiger partial charge in [0.05, 0.1) is 52.6 Å². The van der Waals surface area contributed by atoms with E-state index in [0.717, 1.165) is 44.4 Å². The summed E-state index contributed by atoms with van der Waals surface area (Å²) in [6, 6.07) is 34.8. The zero-order valence-corrected chi connectivity index (χ0v) is 50.0. The number of ether oxygens (including phenoxy) is 10. The average Bonchev–Trinajstić information content (AvgIpc) is 2.29. The van der Waals surface area contributed by atoms with Crippen LogP contribution in [0.15, 0.2) is 120 Å². The Morgan fingerprint density at radius 2 is 1.28 bits per heavy atom. The van der Waals surface area contributed by atoms with E-state index < -0.39 is 112 Å². The number of anilines is 1. The smallest absolute Gasteiger partial charge is 0.351 e. The van der Waals surface area contributed by atoms with Gasteiger partial charge in [0, 0.05) is 63.5 Å². The molecule has 5 aromatic rings. The van der Waals surface area contributed by atoms with Crippen LogP contribution in [0.3, 0.4) is 0 Å². The fraction of sp³-hybridized carbons (Fsp3) is 0.443. The third kappa shape index (κ3) is 16.6. The SMILES string of the molecule is COc1ccc(C(OC[C@H]2O[C@@H](n3cc(CO[C@@H]4O[C@H](COC(C)=O)[C@@H](OC(C)=O)[C@H](OC(C)=O)[C@H]4OC(C)=O)c(NC(=O)c4ccccc4)nc3=O)C[C@@H]2OP(OCCC#N)N(C(C)C)C(C)C)(c2ccccc2)c2ccc(OC)cc2)cc1. The Balaban J connectivity index is 1.34. The normalized spacial score (nSPS) is 20.7. The Bertz CT molecular complexity index is 3090. The number of hydrogen-bond donors (Lipinski definition) is 1. The number of hydrogen-bond acceptors (Lipinski definition) is 21. The second kappa shape index (κ2) is 30.4. The number of nitrogens with one attached hydrogen (secondary N) is 1. The van der Waals surface area contributed by atoms with Gasteiger partial charge < -0.3 is 61.7 Å². The summed E-state index contributed by atoms with van der Waals surface area (Å²) in [6.07, 6.45) is -9.19. The quantitative estimate of drug-likeness (QED) is 0.0171. The molecule has 24 heteroatoms. The van der Waals surface area contributed by atoms with E-state index in [1.54, 1.807) is 44.6 Å². The lowest BCUT2D eigenvalue weighted by molar-refractivity contribution is -0.310. The monoisotopic (exact) mass is 1190 g/mol. The fourth-order valence-electron chi connectivity index (χ4n) is 10.0. The van der Waals surface area contributed by atoms with Crippen molar-refractivity contribution in [2.24, 2.45) is 0 Å². The largest absolute Gasteiger partial charge is 0.497 e. The van der Waals surface area contributed by atoms with Crippen LogP contribution in [0.5, 0.6) is 11.5 Å². The second-order valence-corrected chi connectivity index (χ2v) is 21.8. The van der Waals surface area contributed by atoms with Gasteiger partial charge in [0.2, 0.25) is 0 Å². The van der Waals surface area contributed by atoms with Crippen molar-refractivity contribution in [3.63, 3.8) is 0 Å². The highest BCUT2D eigenvalue weighted by Crippen LogP contribution is 2.51. The summed E-state index contributed by atoms with van der Waals surface area (Å²) in [4.78, 5) is 83.0. The molecule has 0 saturated carbocycles. The van der Waals surface area contributed by atoms with Crippen LogP contribution in [-0.4, -0.2) is 133 Å². The Morgan fingerprint density at radius 3 is 1.82 bits per heavy atom. The Morgan fingerprint density at radius 1 is 0.729 bits per heavy atom. The van der Waals surface area contributed by atoms with Crippen molar-refractivity contribution in [3.8, 4) is 17.6 Å². The lowest BCUT2D eigenvalue weighted by Gasteiger charge is -2.44. The number of aromatic nitrogens is 2. The van der Waals surface area contributed by atoms with Crippen LogP contribution in [0.1, 0.15) is 107 Å². The van der Waals surface area contributed by atoms with E-state index in [2.05, 4.69) is 21.0 Å². The molecular formula is C61H72N5O18P. The first-order chi connectivity index (χ1) is 40.8. The maximum absolute atomic E-state index is 14.7. The highest BCUT2D eigenvalue weighted by molar-refractivity contribution is 7.44. The molecule has 1 N–H and O–H groups in total. The molecule has 7 rings (SSSR count). The third-order valence-electron chi connectivity index (χ3n) is 13.7. The molecular weight excluding hydrogens is 1120 g/mol. The summed E-state index contributed by atoms with van der Waals surface area (Å²) in [5.41, 5.74) is 0.339. The first-order valence-electron chi connectivity index (χ1n) is 27.6. The zero-order chi connectivity index (χ0) is 61.4. The summed E-state index contributed by atoms with van der Waals surface area (Å²) < 4.78 is 77.1. The van der Waals surface area contributed by atoms with E-state index in [9.17, 15) is 34.0 Å². The maximum atomic E-state index is 14.7. The number of amides is 1. The van der Waals surface area contributed by atoms with Gasteiger partial charge in [-0.2, -0.15) is 10.2 Å². The molecule has 2 fully saturated rings. The van der Waals surface area contributed by atoms with Gasteiger partial charge in [-0.25, -0.2) is 9.46 Å². The number of benzene rings is 4. The number of carbonyl (C=O) groups excluding carboxylic acids is 5. The average molecular weight is 1190 g/mol. The molecule has 454 valence electrons. The molecule has 1 unspecified atom stereocenters. The lowest BCUT2D eigenvalue weighted by Crippen LogP contribution is -2.62. The lowest BCUT2D eigenvalue weighted by atomic mass is 9.80. The van der Waals surface area contributed by atoms with E-state index in [0.29, 0.717) is 11.5 Å². The predicted octanol–water partition coefficient (Wildman–Crippen LogP) is 8.07. The molecule has 2 aliphatic heterocycles. The van der Waals surface area contributed by atoms with Crippen molar-refractivity contribution < 1.29 is 80.4 Å². The van der Waals surface area contributed by atoms with Gasteiger partial charge in [-0.1, -0.05) is 72.8 Å². The van der Waals surface area contributed by atoms with Gasteiger partial charge in [-0.05, 0) is 80.8 Å². The highest BCUT2D eigenvalue weighted by Gasteiger charge is 2.53. The Hall–Kier alpha value is -7.65. The minimum absolute atomic E-state index is 0.000787. The molecule has 0 radical (unpaired) electrons. The van der Waals surface area contributed by atoms with Crippen LogP contribution in [-0.2, 0) is 78.3 Å². The molecule has 2 aliphatic rings. The topological polar surface area (TPSA) is 270 Å². The van der Waals surface area contributed by atoms with Gasteiger partial charge in [0.25, 0.3) is 14.4 Å². The van der Waals surface area contributed by atoms with Crippen molar-refractivity contribution in [1.82, 2.24) is 14.2 Å². The minimum atomic E-state index is -1.91. The molecule has 0 spiro atoms. The Kier molecular flexibility index (Phi) is 23.2. The molecule has 85 heavy (non-hydrogen) atoms. The van der Waals surface area contributed by atoms with E-state index in [1.807, 2.05) is 107 Å². The number of rotatable bonds is 27. The van der Waals surface area contributed by atoms with E-state index in [1.165, 1.54) is 10.8 Å². The molecule has 0 bridgehead atoms. The molecule has 0 aliphatic carbocycles. The first kappa shape index (κ1) is 64.9. The van der Waals surface area contributed by atoms with Gasteiger partial charge >= 0.3 is 29.6 Å². The van der Waals surface area contributed by atoms with Gasteiger partial charge in [0.1, 0.15) is 48.0 Å². The molecule has 1 amide bonds. The number of nitriles is 1. The molecule has 4 aromatic carbocycles.